The molecule has 0 aliphatic heterocycles. The second-order valence-electron chi connectivity index (χ2n) is 6.27. The Morgan fingerprint density at radius 3 is 2.40 bits per heavy atom. The predicted octanol–water partition coefficient (Wildman–Crippen LogP) is 5.20. The van der Waals surface area contributed by atoms with Gasteiger partial charge >= 0.3 is 0 Å². The molecule has 2 rings (SSSR count). The number of nitrogens with one attached hydrogen (secondary N) is 2. The van der Waals surface area contributed by atoms with Crippen LogP contribution in [0, 0.1) is 13.8 Å². The topological polar surface area (TPSA) is 27.3 Å². The number of hydrogen-bond acceptors (Lipinski definition) is 2. The maximum Gasteiger partial charge on any atom is 0.170 e. The first kappa shape index (κ1) is 20.0. The number of benzene rings is 2. The van der Waals surface area contributed by atoms with Gasteiger partial charge in [0.15, 0.2) is 5.11 Å². The minimum Gasteiger partial charge on any atom is -0.361 e. The third kappa shape index (κ3) is 5.32. The third-order valence-corrected chi connectivity index (χ3v) is 4.90. The molecule has 6 heteroatoms. The summed E-state index contributed by atoms with van der Waals surface area (Å²) < 4.78 is 0. The van der Waals surface area contributed by atoms with E-state index in [4.69, 9.17) is 35.4 Å². The number of halogens is 2. The molecule has 2 aromatic rings. The molecular weight excluding hydrogens is 373 g/mol. The van der Waals surface area contributed by atoms with E-state index in [1.807, 2.05) is 58.3 Å². The largest absolute Gasteiger partial charge is 0.361 e. The summed E-state index contributed by atoms with van der Waals surface area (Å²) in [4.78, 5) is 2.11. The lowest BCUT2D eigenvalue weighted by Crippen LogP contribution is -2.37. The minimum absolute atomic E-state index is 0.100. The second kappa shape index (κ2) is 8.86. The van der Waals surface area contributed by atoms with Crippen molar-refractivity contribution in [2.45, 2.75) is 19.9 Å². The summed E-state index contributed by atoms with van der Waals surface area (Å²) in [5, 5.41) is 8.42. The van der Waals surface area contributed by atoms with Gasteiger partial charge in [-0.05, 0) is 69.0 Å². The van der Waals surface area contributed by atoms with Crippen molar-refractivity contribution in [2.75, 3.05) is 26.0 Å². The van der Waals surface area contributed by atoms with Gasteiger partial charge in [-0.3, -0.25) is 0 Å². The zero-order valence-electron chi connectivity index (χ0n) is 14.9. The van der Waals surface area contributed by atoms with Crippen LogP contribution in [0.5, 0.6) is 0 Å². The lowest BCUT2D eigenvalue weighted by Gasteiger charge is -2.26. The standard InChI is InChI=1S/C19H23Cl2N3S/c1-12-9-13(2)18(16(21)10-12)23-19(25)22-11-17(24(3)4)14-7-5-6-8-15(14)20/h5-10,17H,11H2,1-4H3,(H2,22,23,25)/t17-/m1/s1. The molecule has 0 amide bonds. The Morgan fingerprint density at radius 2 is 1.80 bits per heavy atom. The summed E-state index contributed by atoms with van der Waals surface area (Å²) in [6.45, 7) is 4.66. The van der Waals surface area contributed by atoms with Crippen LogP contribution in [0.3, 0.4) is 0 Å². The summed E-state index contributed by atoms with van der Waals surface area (Å²) in [6, 6.07) is 12.0. The van der Waals surface area contributed by atoms with Gasteiger partial charge in [0, 0.05) is 11.6 Å². The van der Waals surface area contributed by atoms with Gasteiger partial charge in [0.05, 0.1) is 16.8 Å². The Morgan fingerprint density at radius 1 is 1.12 bits per heavy atom. The van der Waals surface area contributed by atoms with E-state index in [0.717, 1.165) is 27.4 Å². The van der Waals surface area contributed by atoms with Crippen molar-refractivity contribution >= 4 is 46.2 Å². The van der Waals surface area contributed by atoms with Crippen molar-refractivity contribution in [3.05, 3.63) is 63.1 Å². The summed E-state index contributed by atoms with van der Waals surface area (Å²) in [7, 11) is 4.04. The molecule has 25 heavy (non-hydrogen) atoms. The van der Waals surface area contributed by atoms with E-state index in [1.165, 1.54) is 0 Å². The van der Waals surface area contributed by atoms with E-state index in [1.54, 1.807) is 0 Å². The highest BCUT2D eigenvalue weighted by molar-refractivity contribution is 7.80. The normalized spacial score (nSPS) is 12.1. The fourth-order valence-corrected chi connectivity index (χ4v) is 3.55. The SMILES string of the molecule is Cc1cc(C)c(NC(=S)NC[C@H](c2ccccc2Cl)N(C)C)c(Cl)c1. The third-order valence-electron chi connectivity index (χ3n) is 4.01. The number of aryl methyl sites for hydroxylation is 2. The molecular formula is C19H23Cl2N3S. The molecule has 3 nitrogen and oxygen atoms in total. The van der Waals surface area contributed by atoms with Gasteiger partial charge in [-0.15, -0.1) is 0 Å². The van der Waals surface area contributed by atoms with E-state index >= 15 is 0 Å². The molecule has 0 saturated carbocycles. The van der Waals surface area contributed by atoms with Crippen LogP contribution in [-0.2, 0) is 0 Å². The zero-order chi connectivity index (χ0) is 18.6. The fraction of sp³-hybridized carbons (Fsp3) is 0.316. The number of thiocarbonyl (C=S) groups is 1. The Labute approximate surface area is 165 Å². The fourth-order valence-electron chi connectivity index (χ4n) is 2.74. The number of rotatable bonds is 5. The first-order valence-corrected chi connectivity index (χ1v) is 9.18. The first-order valence-electron chi connectivity index (χ1n) is 8.02. The molecule has 0 radical (unpaired) electrons. The molecule has 0 fully saturated rings. The maximum atomic E-state index is 6.34. The van der Waals surface area contributed by atoms with Gasteiger partial charge in [-0.25, -0.2) is 0 Å². The number of nitrogens with zero attached hydrogens (tertiary/aromatic N) is 1. The van der Waals surface area contributed by atoms with Gasteiger partial charge in [0.25, 0.3) is 0 Å². The average molecular weight is 396 g/mol. The van der Waals surface area contributed by atoms with Crippen LogP contribution in [0.2, 0.25) is 10.0 Å². The number of likely N-dealkylation sites (N-methyl/N-ethyl adjacent to an activating group) is 1. The molecule has 0 aliphatic rings. The van der Waals surface area contributed by atoms with E-state index in [9.17, 15) is 0 Å². The average Bonchev–Trinajstić information content (AvgIpc) is 2.52. The second-order valence-corrected chi connectivity index (χ2v) is 7.50. The van der Waals surface area contributed by atoms with Crippen LogP contribution in [0.1, 0.15) is 22.7 Å². The highest BCUT2D eigenvalue weighted by atomic mass is 35.5. The van der Waals surface area contributed by atoms with E-state index in [2.05, 4.69) is 21.6 Å². The quantitative estimate of drug-likeness (QED) is 0.680. The molecule has 0 aromatic heterocycles. The molecule has 0 saturated heterocycles. The van der Waals surface area contributed by atoms with Crippen molar-refractivity contribution in [1.82, 2.24) is 10.2 Å². The van der Waals surface area contributed by atoms with Gasteiger partial charge in [-0.1, -0.05) is 47.5 Å². The van der Waals surface area contributed by atoms with Crippen molar-refractivity contribution in [3.8, 4) is 0 Å². The van der Waals surface area contributed by atoms with E-state index in [0.29, 0.717) is 16.7 Å². The van der Waals surface area contributed by atoms with Gasteiger partial charge in [-0.2, -0.15) is 0 Å². The molecule has 134 valence electrons. The monoisotopic (exact) mass is 395 g/mol. The number of hydrogen-bond donors (Lipinski definition) is 2. The Balaban J connectivity index is 2.07. The maximum absolute atomic E-state index is 6.34. The van der Waals surface area contributed by atoms with Crippen molar-refractivity contribution in [2.24, 2.45) is 0 Å². The summed E-state index contributed by atoms with van der Waals surface area (Å²) in [5.74, 6) is 0. The predicted molar refractivity (Wildman–Crippen MR) is 113 cm³/mol. The van der Waals surface area contributed by atoms with Gasteiger partial charge in [0.2, 0.25) is 0 Å². The first-order chi connectivity index (χ1) is 11.8. The molecule has 0 bridgehead atoms. The van der Waals surface area contributed by atoms with Crippen LogP contribution in [0.25, 0.3) is 0 Å². The van der Waals surface area contributed by atoms with E-state index in [-0.39, 0.29) is 6.04 Å². The highest BCUT2D eigenvalue weighted by Crippen LogP contribution is 2.28. The molecule has 2 aromatic carbocycles. The Hall–Kier alpha value is -1.33. The summed E-state index contributed by atoms with van der Waals surface area (Å²) in [5.41, 5.74) is 4.08. The van der Waals surface area contributed by atoms with E-state index < -0.39 is 0 Å². The summed E-state index contributed by atoms with van der Waals surface area (Å²) in [6.07, 6.45) is 0. The van der Waals surface area contributed by atoms with Crippen LogP contribution < -0.4 is 10.6 Å². The minimum atomic E-state index is 0.100. The number of anilines is 1. The molecule has 0 heterocycles. The Kier molecular flexibility index (Phi) is 7.08. The molecule has 0 aliphatic carbocycles. The van der Waals surface area contributed by atoms with Crippen LogP contribution in [0.15, 0.2) is 36.4 Å². The lowest BCUT2D eigenvalue weighted by atomic mass is 10.1. The Bertz CT molecular complexity index is 739. The zero-order valence-corrected chi connectivity index (χ0v) is 17.2. The van der Waals surface area contributed by atoms with Crippen molar-refractivity contribution in [1.29, 1.82) is 0 Å². The van der Waals surface area contributed by atoms with Crippen LogP contribution >= 0.6 is 35.4 Å². The van der Waals surface area contributed by atoms with Crippen LogP contribution in [-0.4, -0.2) is 30.7 Å². The molecule has 2 N–H and O–H groups in total. The molecule has 1 atom stereocenters. The van der Waals surface area contributed by atoms with Gasteiger partial charge in [0.1, 0.15) is 0 Å². The lowest BCUT2D eigenvalue weighted by molar-refractivity contribution is 0.299. The summed E-state index contributed by atoms with van der Waals surface area (Å²) >= 11 is 18.1. The van der Waals surface area contributed by atoms with Crippen molar-refractivity contribution < 1.29 is 0 Å². The highest BCUT2D eigenvalue weighted by Gasteiger charge is 2.17. The molecule has 0 unspecified atom stereocenters. The smallest absolute Gasteiger partial charge is 0.170 e. The van der Waals surface area contributed by atoms with Gasteiger partial charge < -0.3 is 15.5 Å². The van der Waals surface area contributed by atoms with Crippen LogP contribution in [0.4, 0.5) is 5.69 Å². The molecule has 0 spiro atoms. The van der Waals surface area contributed by atoms with Crippen molar-refractivity contribution in [3.63, 3.8) is 0 Å².